The van der Waals surface area contributed by atoms with Gasteiger partial charge >= 0.3 is 0 Å². The number of hydrogen-bond acceptors (Lipinski definition) is 4. The fraction of sp³-hybridized carbons (Fsp3) is 0.0833. The van der Waals surface area contributed by atoms with Crippen LogP contribution in [-0.2, 0) is 11.4 Å². The Morgan fingerprint density at radius 2 is 1.83 bits per heavy atom. The van der Waals surface area contributed by atoms with Crippen molar-refractivity contribution in [2.24, 2.45) is 0 Å². The van der Waals surface area contributed by atoms with Gasteiger partial charge in [0.25, 0.3) is 5.91 Å². The third-order valence-corrected chi connectivity index (χ3v) is 4.46. The Hall–Kier alpha value is -3.75. The van der Waals surface area contributed by atoms with Gasteiger partial charge in [-0.05, 0) is 54.1 Å². The number of carbonyl (C=O) groups excluding carboxylic acids is 1. The highest BCUT2D eigenvalue weighted by Gasteiger charge is 2.12. The number of hydrogen-bond donors (Lipinski definition) is 1. The molecule has 0 heterocycles. The van der Waals surface area contributed by atoms with Crippen molar-refractivity contribution in [1.29, 1.82) is 5.26 Å². The van der Waals surface area contributed by atoms with Crippen molar-refractivity contribution in [3.05, 3.63) is 94.5 Å². The van der Waals surface area contributed by atoms with Crippen molar-refractivity contribution < 1.29 is 14.3 Å². The van der Waals surface area contributed by atoms with E-state index >= 15 is 0 Å². The van der Waals surface area contributed by atoms with Crippen LogP contribution >= 0.6 is 11.6 Å². The van der Waals surface area contributed by atoms with Crippen molar-refractivity contribution in [1.82, 2.24) is 0 Å². The zero-order chi connectivity index (χ0) is 21.3. The molecule has 0 unspecified atom stereocenters. The molecule has 30 heavy (non-hydrogen) atoms. The number of carbonyl (C=O) groups is 1. The first-order chi connectivity index (χ1) is 14.6. The number of nitrogens with one attached hydrogen (secondary N) is 1. The van der Waals surface area contributed by atoms with Crippen LogP contribution in [-0.4, -0.2) is 13.0 Å². The Balaban J connectivity index is 1.80. The molecule has 1 amide bonds. The number of nitriles is 1. The largest absolute Gasteiger partial charge is 0.497 e. The minimum atomic E-state index is -0.531. The molecule has 6 heteroatoms. The lowest BCUT2D eigenvalue weighted by Crippen LogP contribution is -2.13. The molecule has 0 bridgehead atoms. The highest BCUT2D eigenvalue weighted by atomic mass is 35.5. The van der Waals surface area contributed by atoms with E-state index in [0.29, 0.717) is 34.4 Å². The van der Waals surface area contributed by atoms with Crippen LogP contribution < -0.4 is 14.8 Å². The van der Waals surface area contributed by atoms with E-state index < -0.39 is 5.91 Å². The van der Waals surface area contributed by atoms with Crippen molar-refractivity contribution in [3.8, 4) is 17.6 Å². The Morgan fingerprint density at radius 1 is 1.10 bits per heavy atom. The topological polar surface area (TPSA) is 71.3 Å². The summed E-state index contributed by atoms with van der Waals surface area (Å²) in [5.41, 5.74) is 2.02. The minimum absolute atomic E-state index is 0.0716. The van der Waals surface area contributed by atoms with Crippen LogP contribution in [0.2, 0.25) is 5.02 Å². The summed E-state index contributed by atoms with van der Waals surface area (Å²) >= 11 is 6.12. The number of methoxy groups -OCH3 is 1. The van der Waals surface area contributed by atoms with Gasteiger partial charge in [-0.3, -0.25) is 4.79 Å². The van der Waals surface area contributed by atoms with Gasteiger partial charge in [0.05, 0.1) is 7.11 Å². The van der Waals surface area contributed by atoms with Gasteiger partial charge in [0, 0.05) is 16.3 Å². The maximum absolute atomic E-state index is 12.6. The van der Waals surface area contributed by atoms with Crippen LogP contribution in [0.25, 0.3) is 6.08 Å². The molecule has 0 aliphatic carbocycles. The monoisotopic (exact) mass is 418 g/mol. The highest BCUT2D eigenvalue weighted by Crippen LogP contribution is 2.26. The van der Waals surface area contributed by atoms with Crippen LogP contribution in [0.1, 0.15) is 11.1 Å². The van der Waals surface area contributed by atoms with Gasteiger partial charge in [-0.1, -0.05) is 41.9 Å². The Labute approximate surface area is 180 Å². The molecule has 150 valence electrons. The average molecular weight is 419 g/mol. The molecule has 3 aromatic rings. The second kappa shape index (κ2) is 10.1. The normalized spacial score (nSPS) is 10.8. The maximum atomic E-state index is 12.6. The molecule has 0 spiro atoms. The summed E-state index contributed by atoms with van der Waals surface area (Å²) in [6.07, 6.45) is 1.46. The Morgan fingerprint density at radius 3 is 2.50 bits per heavy atom. The SMILES string of the molecule is COc1ccc(NC(=O)/C(C#N)=C/c2cc(Cl)ccc2OCc2ccccc2)cc1. The fourth-order valence-corrected chi connectivity index (χ4v) is 2.86. The van der Waals surface area contributed by atoms with Crippen molar-refractivity contribution >= 4 is 29.3 Å². The second-order valence-corrected chi connectivity index (χ2v) is 6.75. The van der Waals surface area contributed by atoms with E-state index in [4.69, 9.17) is 21.1 Å². The highest BCUT2D eigenvalue weighted by molar-refractivity contribution is 6.30. The van der Waals surface area contributed by atoms with Gasteiger partial charge in [-0.25, -0.2) is 0 Å². The molecule has 0 radical (unpaired) electrons. The quantitative estimate of drug-likeness (QED) is 0.407. The van der Waals surface area contributed by atoms with E-state index in [1.54, 1.807) is 49.6 Å². The number of halogens is 1. The van der Waals surface area contributed by atoms with Gasteiger partial charge < -0.3 is 14.8 Å². The van der Waals surface area contributed by atoms with Gasteiger partial charge in [-0.2, -0.15) is 5.26 Å². The lowest BCUT2D eigenvalue weighted by atomic mass is 10.1. The van der Waals surface area contributed by atoms with Gasteiger partial charge in [-0.15, -0.1) is 0 Å². The van der Waals surface area contributed by atoms with E-state index in [1.165, 1.54) is 6.08 Å². The van der Waals surface area contributed by atoms with E-state index in [2.05, 4.69) is 5.32 Å². The summed E-state index contributed by atoms with van der Waals surface area (Å²) in [6, 6.07) is 23.5. The number of amides is 1. The molecule has 3 aromatic carbocycles. The Bertz CT molecular complexity index is 1090. The summed E-state index contributed by atoms with van der Waals surface area (Å²) in [5.74, 6) is 0.660. The molecule has 1 N–H and O–H groups in total. The van der Waals surface area contributed by atoms with Crippen molar-refractivity contribution in [2.75, 3.05) is 12.4 Å². The standard InChI is InChI=1S/C24H19ClN2O3/c1-29-22-10-8-21(9-11-22)27-24(28)19(15-26)13-18-14-20(25)7-12-23(18)30-16-17-5-3-2-4-6-17/h2-14H,16H2,1H3,(H,27,28)/b19-13+. The summed E-state index contributed by atoms with van der Waals surface area (Å²) in [4.78, 5) is 12.6. The minimum Gasteiger partial charge on any atom is -0.497 e. The third-order valence-electron chi connectivity index (χ3n) is 4.22. The summed E-state index contributed by atoms with van der Waals surface area (Å²) in [7, 11) is 1.56. The zero-order valence-corrected chi connectivity index (χ0v) is 17.0. The molecule has 0 fully saturated rings. The second-order valence-electron chi connectivity index (χ2n) is 6.31. The van der Waals surface area contributed by atoms with E-state index in [9.17, 15) is 10.1 Å². The van der Waals surface area contributed by atoms with Crippen LogP contribution in [0.4, 0.5) is 5.69 Å². The summed E-state index contributed by atoms with van der Waals surface area (Å²) in [5, 5.41) is 12.7. The predicted molar refractivity (Wildman–Crippen MR) is 117 cm³/mol. The first kappa shape index (κ1) is 21.0. The van der Waals surface area contributed by atoms with E-state index in [0.717, 1.165) is 5.56 Å². The molecule has 0 aliphatic heterocycles. The lowest BCUT2D eigenvalue weighted by molar-refractivity contribution is -0.112. The van der Waals surface area contributed by atoms with Gasteiger partial charge in [0.2, 0.25) is 0 Å². The summed E-state index contributed by atoms with van der Waals surface area (Å²) < 4.78 is 11.0. The van der Waals surface area contributed by atoms with Crippen LogP contribution in [0.3, 0.4) is 0 Å². The Kier molecular flexibility index (Phi) is 7.09. The zero-order valence-electron chi connectivity index (χ0n) is 16.3. The molecule has 0 aromatic heterocycles. The lowest BCUT2D eigenvalue weighted by Gasteiger charge is -2.11. The maximum Gasteiger partial charge on any atom is 0.266 e. The number of ether oxygens (including phenoxy) is 2. The molecular weight excluding hydrogens is 400 g/mol. The van der Waals surface area contributed by atoms with E-state index in [1.807, 2.05) is 36.4 Å². The van der Waals surface area contributed by atoms with E-state index in [-0.39, 0.29) is 5.57 Å². The number of anilines is 1. The first-order valence-electron chi connectivity index (χ1n) is 9.12. The van der Waals surface area contributed by atoms with Crippen LogP contribution in [0.5, 0.6) is 11.5 Å². The van der Waals surface area contributed by atoms with Crippen molar-refractivity contribution in [2.45, 2.75) is 6.61 Å². The van der Waals surface area contributed by atoms with Crippen LogP contribution in [0, 0.1) is 11.3 Å². The number of rotatable bonds is 7. The van der Waals surface area contributed by atoms with Gasteiger partial charge in [0.15, 0.2) is 0 Å². The summed E-state index contributed by atoms with van der Waals surface area (Å²) in [6.45, 7) is 0.350. The molecule has 3 rings (SSSR count). The third kappa shape index (κ3) is 5.63. The first-order valence-corrected chi connectivity index (χ1v) is 9.50. The molecule has 0 saturated carbocycles. The van der Waals surface area contributed by atoms with Crippen LogP contribution in [0.15, 0.2) is 78.4 Å². The molecular formula is C24H19ClN2O3. The fourth-order valence-electron chi connectivity index (χ4n) is 2.68. The molecule has 5 nitrogen and oxygen atoms in total. The average Bonchev–Trinajstić information content (AvgIpc) is 2.78. The van der Waals surface area contributed by atoms with Crippen molar-refractivity contribution in [3.63, 3.8) is 0 Å². The molecule has 0 saturated heterocycles. The number of nitrogens with zero attached hydrogens (tertiary/aromatic N) is 1. The molecule has 0 aliphatic rings. The predicted octanol–water partition coefficient (Wildman–Crippen LogP) is 5.47. The smallest absolute Gasteiger partial charge is 0.266 e. The number of benzene rings is 3. The van der Waals surface area contributed by atoms with Gasteiger partial charge in [0.1, 0.15) is 29.7 Å². The molecule has 0 atom stereocenters.